The third kappa shape index (κ3) is 3.15. The van der Waals surface area contributed by atoms with Gasteiger partial charge in [-0.1, -0.05) is 37.6 Å². The van der Waals surface area contributed by atoms with E-state index >= 15 is 0 Å². The van der Waals surface area contributed by atoms with E-state index in [1.807, 2.05) is 24.3 Å². The molecular formula is C22H23N3O3. The molecule has 0 radical (unpaired) electrons. The highest BCUT2D eigenvalue weighted by Gasteiger charge is 2.47. The minimum Gasteiger partial charge on any atom is -0.352 e. The van der Waals surface area contributed by atoms with E-state index in [1.54, 1.807) is 29.2 Å². The summed E-state index contributed by atoms with van der Waals surface area (Å²) in [5.74, 6) is -0.355. The van der Waals surface area contributed by atoms with Crippen LogP contribution in [0.4, 0.5) is 10.5 Å². The predicted octanol–water partition coefficient (Wildman–Crippen LogP) is 3.11. The summed E-state index contributed by atoms with van der Waals surface area (Å²) in [5.41, 5.74) is 3.22. The molecule has 0 saturated carbocycles. The van der Waals surface area contributed by atoms with Gasteiger partial charge < -0.3 is 10.2 Å². The van der Waals surface area contributed by atoms with Crippen molar-refractivity contribution < 1.29 is 14.4 Å². The van der Waals surface area contributed by atoms with Crippen molar-refractivity contribution in [3.05, 3.63) is 65.2 Å². The van der Waals surface area contributed by atoms with Gasteiger partial charge in [0.1, 0.15) is 6.04 Å². The summed E-state index contributed by atoms with van der Waals surface area (Å²) in [6.45, 7) is 3.15. The van der Waals surface area contributed by atoms with Crippen molar-refractivity contribution in [3.8, 4) is 0 Å². The number of carbonyl (C=O) groups is 3. The third-order valence-electron chi connectivity index (χ3n) is 5.39. The summed E-state index contributed by atoms with van der Waals surface area (Å²) in [5, 5.41) is 2.86. The van der Waals surface area contributed by atoms with Gasteiger partial charge in [-0.3, -0.25) is 9.59 Å². The van der Waals surface area contributed by atoms with Gasteiger partial charge in [-0.25, -0.2) is 9.69 Å². The summed E-state index contributed by atoms with van der Waals surface area (Å²) in [7, 11) is 0. The highest BCUT2D eigenvalue weighted by atomic mass is 16.2. The summed E-state index contributed by atoms with van der Waals surface area (Å²) in [6.07, 6.45) is 2.48. The number of fused-ring (bicyclic) bond motifs is 2. The number of nitrogens with zero attached hydrogens (tertiary/aromatic N) is 2. The lowest BCUT2D eigenvalue weighted by Crippen LogP contribution is -2.39. The Labute approximate surface area is 164 Å². The van der Waals surface area contributed by atoms with Crippen LogP contribution in [0, 0.1) is 0 Å². The quantitative estimate of drug-likeness (QED) is 0.643. The molecule has 144 valence electrons. The van der Waals surface area contributed by atoms with Crippen molar-refractivity contribution in [2.24, 2.45) is 0 Å². The smallest absolute Gasteiger partial charge is 0.332 e. The van der Waals surface area contributed by atoms with Crippen LogP contribution in [0.25, 0.3) is 0 Å². The molecule has 1 atom stereocenters. The predicted molar refractivity (Wildman–Crippen MR) is 106 cm³/mol. The van der Waals surface area contributed by atoms with Crippen LogP contribution in [0.1, 0.15) is 41.3 Å². The first-order valence-electron chi connectivity index (χ1n) is 9.69. The fourth-order valence-electron chi connectivity index (χ4n) is 3.80. The van der Waals surface area contributed by atoms with E-state index in [-0.39, 0.29) is 17.8 Å². The summed E-state index contributed by atoms with van der Waals surface area (Å²) in [6, 6.07) is 13.8. The fraction of sp³-hybridized carbons (Fsp3) is 0.318. The average Bonchev–Trinajstić information content (AvgIpc) is 2.96. The Morgan fingerprint density at radius 1 is 1.07 bits per heavy atom. The molecule has 28 heavy (non-hydrogen) atoms. The van der Waals surface area contributed by atoms with Gasteiger partial charge in [0.2, 0.25) is 0 Å². The van der Waals surface area contributed by atoms with E-state index in [0.29, 0.717) is 30.8 Å². The normalized spacial score (nSPS) is 18.1. The van der Waals surface area contributed by atoms with Gasteiger partial charge in [0.15, 0.2) is 0 Å². The lowest BCUT2D eigenvalue weighted by molar-refractivity contribution is -0.120. The maximum absolute atomic E-state index is 12.9. The molecule has 2 aromatic rings. The SMILES string of the molecule is CCCCNC(=O)c1ccc(N2C(=O)[C@H]3Cc4ccccc4CN3C2=O)cc1. The van der Waals surface area contributed by atoms with Crippen LogP contribution in [0.2, 0.25) is 0 Å². The number of anilines is 1. The molecule has 0 bridgehead atoms. The van der Waals surface area contributed by atoms with Gasteiger partial charge in [-0.05, 0) is 41.8 Å². The number of urea groups is 1. The second-order valence-corrected chi connectivity index (χ2v) is 7.23. The topological polar surface area (TPSA) is 69.7 Å². The minimum absolute atomic E-state index is 0.146. The second-order valence-electron chi connectivity index (χ2n) is 7.23. The van der Waals surface area contributed by atoms with E-state index in [0.717, 1.165) is 24.0 Å². The number of imide groups is 1. The number of unbranched alkanes of at least 4 members (excludes halogenated alkanes) is 1. The Kier molecular flexibility index (Phi) is 4.86. The Balaban J connectivity index is 1.52. The van der Waals surface area contributed by atoms with Crippen LogP contribution >= 0.6 is 0 Å². The molecular weight excluding hydrogens is 354 g/mol. The van der Waals surface area contributed by atoms with Gasteiger partial charge >= 0.3 is 6.03 Å². The lowest BCUT2D eigenvalue weighted by atomic mass is 9.95. The monoisotopic (exact) mass is 377 g/mol. The van der Waals surface area contributed by atoms with Crippen LogP contribution in [0.15, 0.2) is 48.5 Å². The number of hydrogen-bond donors (Lipinski definition) is 1. The molecule has 2 aliphatic rings. The highest BCUT2D eigenvalue weighted by Crippen LogP contribution is 2.32. The van der Waals surface area contributed by atoms with E-state index in [1.165, 1.54) is 4.90 Å². The zero-order chi connectivity index (χ0) is 19.7. The largest absolute Gasteiger partial charge is 0.352 e. The number of carbonyl (C=O) groups excluding carboxylic acids is 3. The number of rotatable bonds is 5. The zero-order valence-electron chi connectivity index (χ0n) is 15.9. The van der Waals surface area contributed by atoms with Gasteiger partial charge in [0, 0.05) is 25.1 Å². The number of hydrogen-bond acceptors (Lipinski definition) is 3. The molecule has 1 saturated heterocycles. The van der Waals surface area contributed by atoms with E-state index < -0.39 is 6.04 Å². The van der Waals surface area contributed by atoms with Gasteiger partial charge in [-0.2, -0.15) is 0 Å². The Morgan fingerprint density at radius 3 is 2.50 bits per heavy atom. The van der Waals surface area contributed by atoms with Gasteiger partial charge in [0.05, 0.1) is 5.69 Å². The average molecular weight is 377 g/mol. The van der Waals surface area contributed by atoms with Gasteiger partial charge in [0.25, 0.3) is 11.8 Å². The first kappa shape index (κ1) is 18.2. The van der Waals surface area contributed by atoms with Crippen LogP contribution in [0.3, 0.4) is 0 Å². The molecule has 4 amide bonds. The number of nitrogens with one attached hydrogen (secondary N) is 1. The van der Waals surface area contributed by atoms with Crippen molar-refractivity contribution >= 4 is 23.5 Å². The van der Waals surface area contributed by atoms with Gasteiger partial charge in [-0.15, -0.1) is 0 Å². The Hall–Kier alpha value is -3.15. The number of amides is 4. The molecule has 2 heterocycles. The molecule has 0 aliphatic carbocycles. The Bertz CT molecular complexity index is 880. The lowest BCUT2D eigenvalue weighted by Gasteiger charge is -2.28. The van der Waals surface area contributed by atoms with Crippen molar-refractivity contribution in [3.63, 3.8) is 0 Å². The first-order chi connectivity index (χ1) is 13.6. The summed E-state index contributed by atoms with van der Waals surface area (Å²) in [4.78, 5) is 40.9. The molecule has 2 aromatic carbocycles. The van der Waals surface area contributed by atoms with E-state index in [4.69, 9.17) is 0 Å². The molecule has 2 aliphatic heterocycles. The first-order valence-corrected chi connectivity index (χ1v) is 9.69. The maximum atomic E-state index is 12.9. The summed E-state index contributed by atoms with van der Waals surface area (Å²) >= 11 is 0. The molecule has 0 aromatic heterocycles. The summed E-state index contributed by atoms with van der Waals surface area (Å²) < 4.78 is 0. The zero-order valence-corrected chi connectivity index (χ0v) is 15.9. The van der Waals surface area contributed by atoms with E-state index in [9.17, 15) is 14.4 Å². The molecule has 4 rings (SSSR count). The standard InChI is InChI=1S/C22H23N3O3/c1-2-3-12-23-20(26)15-8-10-18(11-9-15)25-21(27)19-13-16-6-4-5-7-17(16)14-24(19)22(25)28/h4-11,19H,2-3,12-14H2,1H3,(H,23,26)/t19-/m1/s1. The molecule has 1 fully saturated rings. The van der Waals surface area contributed by atoms with Crippen molar-refractivity contribution in [2.45, 2.75) is 38.8 Å². The van der Waals surface area contributed by atoms with Crippen LogP contribution in [-0.4, -0.2) is 35.3 Å². The molecule has 0 unspecified atom stereocenters. The molecule has 6 nitrogen and oxygen atoms in total. The van der Waals surface area contributed by atoms with Crippen molar-refractivity contribution in [1.82, 2.24) is 10.2 Å². The van der Waals surface area contributed by atoms with Crippen LogP contribution in [-0.2, 0) is 17.8 Å². The molecule has 1 N–H and O–H groups in total. The fourth-order valence-corrected chi connectivity index (χ4v) is 3.80. The second kappa shape index (κ2) is 7.46. The van der Waals surface area contributed by atoms with Crippen LogP contribution in [0.5, 0.6) is 0 Å². The van der Waals surface area contributed by atoms with Crippen LogP contribution < -0.4 is 10.2 Å². The third-order valence-corrected chi connectivity index (χ3v) is 5.39. The highest BCUT2D eigenvalue weighted by molar-refractivity contribution is 6.21. The van der Waals surface area contributed by atoms with E-state index in [2.05, 4.69) is 12.2 Å². The maximum Gasteiger partial charge on any atom is 0.332 e. The molecule has 6 heteroatoms. The van der Waals surface area contributed by atoms with Crippen molar-refractivity contribution in [1.29, 1.82) is 0 Å². The number of benzene rings is 2. The molecule has 0 spiro atoms. The Morgan fingerprint density at radius 2 is 1.79 bits per heavy atom. The minimum atomic E-state index is -0.459. The van der Waals surface area contributed by atoms with Crippen molar-refractivity contribution in [2.75, 3.05) is 11.4 Å².